The maximum absolute atomic E-state index is 13.4. The monoisotopic (exact) mass is 498 g/mol. The van der Waals surface area contributed by atoms with Gasteiger partial charge in [-0.1, -0.05) is 90.6 Å². The SMILES string of the molecule is C[C@H](Sc1nc(CN2CCOCC2)nc2ccccc12)C(=O)NC(c1ccccc1)c1ccccc1. The number of morpholine rings is 1. The topological polar surface area (TPSA) is 67.3 Å². The maximum atomic E-state index is 13.4. The van der Waals surface area contributed by atoms with Gasteiger partial charge in [0.2, 0.25) is 5.91 Å². The molecule has 0 spiro atoms. The number of amides is 1. The zero-order valence-electron chi connectivity index (χ0n) is 20.3. The second kappa shape index (κ2) is 11.6. The lowest BCUT2D eigenvalue weighted by molar-refractivity contribution is -0.120. The largest absolute Gasteiger partial charge is 0.379 e. The van der Waals surface area contributed by atoms with Gasteiger partial charge in [-0.25, -0.2) is 9.97 Å². The first-order chi connectivity index (χ1) is 17.7. The van der Waals surface area contributed by atoms with Gasteiger partial charge in [0, 0.05) is 18.5 Å². The van der Waals surface area contributed by atoms with E-state index in [1.54, 1.807) is 0 Å². The third kappa shape index (κ3) is 5.93. The molecule has 36 heavy (non-hydrogen) atoms. The highest BCUT2D eigenvalue weighted by Gasteiger charge is 2.23. The van der Waals surface area contributed by atoms with Gasteiger partial charge in [-0.3, -0.25) is 9.69 Å². The quantitative estimate of drug-likeness (QED) is 0.277. The summed E-state index contributed by atoms with van der Waals surface area (Å²) in [6, 6.07) is 27.9. The van der Waals surface area contributed by atoms with E-state index in [0.29, 0.717) is 6.54 Å². The van der Waals surface area contributed by atoms with Gasteiger partial charge in [-0.05, 0) is 24.1 Å². The van der Waals surface area contributed by atoms with Crippen LogP contribution in [0.25, 0.3) is 10.9 Å². The highest BCUT2D eigenvalue weighted by atomic mass is 32.2. The van der Waals surface area contributed by atoms with Crippen molar-refractivity contribution in [1.82, 2.24) is 20.2 Å². The third-order valence-corrected chi connectivity index (χ3v) is 7.40. The smallest absolute Gasteiger partial charge is 0.234 e. The molecule has 7 heteroatoms. The number of carbonyl (C=O) groups is 1. The Kier molecular flexibility index (Phi) is 7.91. The summed E-state index contributed by atoms with van der Waals surface area (Å²) >= 11 is 1.48. The number of carbonyl (C=O) groups excluding carboxylic acids is 1. The van der Waals surface area contributed by atoms with Crippen LogP contribution in [0.3, 0.4) is 0 Å². The van der Waals surface area contributed by atoms with Crippen LogP contribution in [0.5, 0.6) is 0 Å². The van der Waals surface area contributed by atoms with Crippen LogP contribution in [-0.4, -0.2) is 52.3 Å². The molecule has 4 aromatic rings. The number of aromatic nitrogens is 2. The summed E-state index contributed by atoms with van der Waals surface area (Å²) in [4.78, 5) is 25.5. The van der Waals surface area contributed by atoms with Gasteiger partial charge >= 0.3 is 0 Å². The van der Waals surface area contributed by atoms with Gasteiger partial charge in [0.1, 0.15) is 10.9 Å². The number of thioether (sulfide) groups is 1. The Morgan fingerprint density at radius 2 is 1.53 bits per heavy atom. The summed E-state index contributed by atoms with van der Waals surface area (Å²) in [6.07, 6.45) is 0. The number of rotatable bonds is 8. The van der Waals surface area contributed by atoms with Gasteiger partial charge in [0.25, 0.3) is 0 Å². The van der Waals surface area contributed by atoms with Crippen molar-refractivity contribution in [2.75, 3.05) is 26.3 Å². The van der Waals surface area contributed by atoms with Crippen LogP contribution < -0.4 is 5.32 Å². The summed E-state index contributed by atoms with van der Waals surface area (Å²) in [5, 5.41) is 4.74. The molecular weight excluding hydrogens is 468 g/mol. The number of nitrogens with one attached hydrogen (secondary N) is 1. The molecule has 1 N–H and O–H groups in total. The van der Waals surface area contributed by atoms with Crippen LogP contribution in [0, 0.1) is 0 Å². The number of ether oxygens (including phenoxy) is 1. The standard InChI is InChI=1S/C29H30N4O2S/c1-21(28(34)32-27(22-10-4-2-5-11-22)23-12-6-3-7-13-23)36-29-24-14-8-9-15-25(24)30-26(31-29)20-33-16-18-35-19-17-33/h2-15,21,27H,16-20H2,1H3,(H,32,34)/t21-/m0/s1. The molecule has 6 nitrogen and oxygen atoms in total. The van der Waals surface area contributed by atoms with E-state index < -0.39 is 0 Å². The van der Waals surface area contributed by atoms with Crippen molar-refractivity contribution in [3.8, 4) is 0 Å². The van der Waals surface area contributed by atoms with Gasteiger partial charge in [-0.2, -0.15) is 0 Å². The van der Waals surface area contributed by atoms with Gasteiger partial charge < -0.3 is 10.1 Å². The summed E-state index contributed by atoms with van der Waals surface area (Å²) in [5.41, 5.74) is 3.00. The van der Waals surface area contributed by atoms with Crippen molar-refractivity contribution in [2.24, 2.45) is 0 Å². The second-order valence-electron chi connectivity index (χ2n) is 8.87. The van der Waals surface area contributed by atoms with E-state index in [2.05, 4.69) is 10.2 Å². The first-order valence-electron chi connectivity index (χ1n) is 12.3. The Hall–Kier alpha value is -3.26. The Morgan fingerprint density at radius 1 is 0.917 bits per heavy atom. The average Bonchev–Trinajstić information content (AvgIpc) is 2.93. The molecule has 0 aliphatic carbocycles. The lowest BCUT2D eigenvalue weighted by atomic mass is 9.98. The van der Waals surface area contributed by atoms with E-state index in [-0.39, 0.29) is 17.2 Å². The molecule has 0 unspecified atom stereocenters. The van der Waals surface area contributed by atoms with Crippen molar-refractivity contribution in [2.45, 2.75) is 29.8 Å². The van der Waals surface area contributed by atoms with Crippen LogP contribution in [0.1, 0.15) is 29.9 Å². The molecule has 3 aromatic carbocycles. The van der Waals surface area contributed by atoms with Crippen molar-refractivity contribution < 1.29 is 9.53 Å². The zero-order valence-corrected chi connectivity index (χ0v) is 21.2. The number of para-hydroxylation sites is 1. The first-order valence-corrected chi connectivity index (χ1v) is 13.2. The molecular formula is C29H30N4O2S. The summed E-state index contributed by atoms with van der Waals surface area (Å²) in [7, 11) is 0. The minimum atomic E-state index is -0.338. The summed E-state index contributed by atoms with van der Waals surface area (Å²) in [5.74, 6) is 0.743. The van der Waals surface area contributed by atoms with Crippen molar-refractivity contribution in [1.29, 1.82) is 0 Å². The Bertz CT molecular complexity index is 1260. The highest BCUT2D eigenvalue weighted by Crippen LogP contribution is 2.30. The molecule has 1 fully saturated rings. The third-order valence-electron chi connectivity index (χ3n) is 6.29. The lowest BCUT2D eigenvalue weighted by Gasteiger charge is -2.26. The number of hydrogen-bond acceptors (Lipinski definition) is 6. The Labute approximate surface area is 216 Å². The van der Waals surface area contributed by atoms with Crippen LogP contribution in [-0.2, 0) is 16.1 Å². The van der Waals surface area contributed by atoms with Crippen LogP contribution in [0.2, 0.25) is 0 Å². The molecule has 5 rings (SSSR count). The van der Waals surface area contributed by atoms with E-state index in [9.17, 15) is 4.79 Å². The van der Waals surface area contributed by atoms with Crippen LogP contribution in [0.4, 0.5) is 0 Å². The molecule has 0 radical (unpaired) electrons. The average molecular weight is 499 g/mol. The van der Waals surface area contributed by atoms with Gasteiger partial charge in [-0.15, -0.1) is 0 Å². The van der Waals surface area contributed by atoms with E-state index in [1.165, 1.54) is 11.8 Å². The molecule has 0 saturated carbocycles. The normalized spacial score (nSPS) is 15.2. The fraction of sp³-hybridized carbons (Fsp3) is 0.276. The maximum Gasteiger partial charge on any atom is 0.234 e. The fourth-order valence-corrected chi connectivity index (χ4v) is 5.31. The number of hydrogen-bond donors (Lipinski definition) is 1. The summed E-state index contributed by atoms with van der Waals surface area (Å²) in [6.45, 7) is 5.82. The summed E-state index contributed by atoms with van der Waals surface area (Å²) < 4.78 is 5.47. The molecule has 1 saturated heterocycles. The number of fused-ring (bicyclic) bond motifs is 1. The Balaban J connectivity index is 1.37. The fourth-order valence-electron chi connectivity index (χ4n) is 4.34. The molecule has 1 aromatic heterocycles. The number of benzene rings is 3. The minimum Gasteiger partial charge on any atom is -0.379 e. The van der Waals surface area contributed by atoms with Crippen molar-refractivity contribution >= 4 is 28.6 Å². The Morgan fingerprint density at radius 3 is 2.19 bits per heavy atom. The lowest BCUT2D eigenvalue weighted by Crippen LogP contribution is -2.36. The molecule has 184 valence electrons. The van der Waals surface area contributed by atoms with E-state index in [4.69, 9.17) is 14.7 Å². The molecule has 1 aliphatic rings. The van der Waals surface area contributed by atoms with E-state index in [0.717, 1.165) is 59.2 Å². The van der Waals surface area contributed by atoms with Crippen LogP contribution in [0.15, 0.2) is 90.0 Å². The van der Waals surface area contributed by atoms with Crippen molar-refractivity contribution in [3.05, 3.63) is 102 Å². The van der Waals surface area contributed by atoms with Gasteiger partial charge in [0.05, 0.1) is 36.6 Å². The van der Waals surface area contributed by atoms with Gasteiger partial charge in [0.15, 0.2) is 0 Å². The molecule has 1 amide bonds. The minimum absolute atomic E-state index is 0.0323. The zero-order chi connectivity index (χ0) is 24.7. The first kappa shape index (κ1) is 24.4. The predicted octanol–water partition coefficient (Wildman–Crippen LogP) is 4.85. The second-order valence-corrected chi connectivity index (χ2v) is 10.2. The number of nitrogens with zero attached hydrogens (tertiary/aromatic N) is 3. The molecule has 1 atom stereocenters. The molecule has 2 heterocycles. The molecule has 1 aliphatic heterocycles. The van der Waals surface area contributed by atoms with Crippen molar-refractivity contribution in [3.63, 3.8) is 0 Å². The predicted molar refractivity (Wildman–Crippen MR) is 144 cm³/mol. The van der Waals surface area contributed by atoms with E-state index in [1.807, 2.05) is 91.9 Å². The highest BCUT2D eigenvalue weighted by molar-refractivity contribution is 8.00. The van der Waals surface area contributed by atoms with E-state index >= 15 is 0 Å². The van der Waals surface area contributed by atoms with Crippen LogP contribution >= 0.6 is 11.8 Å². The molecule has 0 bridgehead atoms.